The predicted octanol–water partition coefficient (Wildman–Crippen LogP) is 2.34. The number of hydrogen-bond donors (Lipinski definition) is 2. The lowest BCUT2D eigenvalue weighted by Crippen LogP contribution is -2.19. The molecule has 0 atom stereocenters. The van der Waals surface area contributed by atoms with E-state index in [9.17, 15) is 13.2 Å². The number of nitrogens with zero attached hydrogens (tertiary/aromatic N) is 1. The molecule has 1 heterocycles. The first kappa shape index (κ1) is 19.9. The first-order valence-electron chi connectivity index (χ1n) is 8.02. The Morgan fingerprint density at radius 1 is 1.27 bits per heavy atom. The maximum atomic E-state index is 12.2. The van der Waals surface area contributed by atoms with Gasteiger partial charge in [0.1, 0.15) is 5.75 Å². The number of hydrogen-bond acceptors (Lipinski definition) is 5. The maximum Gasteiger partial charge on any atom is 0.238 e. The quantitative estimate of drug-likeness (QED) is 0.802. The summed E-state index contributed by atoms with van der Waals surface area (Å²) in [6, 6.07) is 7.74. The largest absolute Gasteiger partial charge is 0.493 e. The monoisotopic (exact) mass is 377 g/mol. The third kappa shape index (κ3) is 6.45. The zero-order chi connectivity index (χ0) is 19.4. The van der Waals surface area contributed by atoms with Gasteiger partial charge in [-0.1, -0.05) is 26.8 Å². The summed E-state index contributed by atoms with van der Waals surface area (Å²) in [4.78, 5) is 16.0. The number of nitrogens with two attached hydrogens (primary N) is 1. The molecule has 26 heavy (non-hydrogen) atoms. The summed E-state index contributed by atoms with van der Waals surface area (Å²) in [5, 5.41) is 7.90. The molecule has 1 amide bonds. The van der Waals surface area contributed by atoms with E-state index in [0.717, 1.165) is 5.56 Å². The zero-order valence-electron chi connectivity index (χ0n) is 15.0. The minimum Gasteiger partial charge on any atom is -0.493 e. The third-order valence-electron chi connectivity index (χ3n) is 3.25. The van der Waals surface area contributed by atoms with Gasteiger partial charge in [-0.2, -0.15) is 0 Å². The summed E-state index contributed by atoms with van der Waals surface area (Å²) < 4.78 is 29.1. The van der Waals surface area contributed by atoms with E-state index in [1.165, 1.54) is 12.1 Å². The highest BCUT2D eigenvalue weighted by Gasteiger charge is 2.16. The number of nitrogens with one attached hydrogen (secondary N) is 1. The van der Waals surface area contributed by atoms with Crippen LogP contribution in [-0.4, -0.2) is 25.9 Å². The van der Waals surface area contributed by atoms with E-state index >= 15 is 0 Å². The van der Waals surface area contributed by atoms with Gasteiger partial charge in [-0.25, -0.2) is 13.6 Å². The lowest BCUT2D eigenvalue weighted by atomic mass is 9.99. The number of rotatable bonds is 6. The zero-order valence-corrected chi connectivity index (χ0v) is 15.8. The SMILES string of the molecule is CC(C)(C)COc1cc(NC(=O)Cc2cccnc2)cc(S(N)(=O)=O)c1. The van der Waals surface area contributed by atoms with Crippen LogP contribution in [0.1, 0.15) is 26.3 Å². The Balaban J connectivity index is 2.21. The molecule has 0 fully saturated rings. The second-order valence-electron chi connectivity index (χ2n) is 7.17. The van der Waals surface area contributed by atoms with Crippen molar-refractivity contribution in [2.75, 3.05) is 11.9 Å². The van der Waals surface area contributed by atoms with Crippen LogP contribution < -0.4 is 15.2 Å². The summed E-state index contributed by atoms with van der Waals surface area (Å²) in [6.45, 7) is 6.36. The maximum absolute atomic E-state index is 12.2. The highest BCUT2D eigenvalue weighted by atomic mass is 32.2. The first-order valence-corrected chi connectivity index (χ1v) is 9.57. The van der Waals surface area contributed by atoms with Gasteiger partial charge >= 0.3 is 0 Å². The average Bonchev–Trinajstić information content (AvgIpc) is 2.52. The van der Waals surface area contributed by atoms with Crippen molar-refractivity contribution in [1.82, 2.24) is 4.98 Å². The Labute approximate surface area is 153 Å². The van der Waals surface area contributed by atoms with Crippen molar-refractivity contribution in [3.8, 4) is 5.75 Å². The molecule has 1 aromatic heterocycles. The van der Waals surface area contributed by atoms with Crippen molar-refractivity contribution in [3.63, 3.8) is 0 Å². The fourth-order valence-electron chi connectivity index (χ4n) is 2.08. The lowest BCUT2D eigenvalue weighted by Gasteiger charge is -2.19. The highest BCUT2D eigenvalue weighted by molar-refractivity contribution is 7.89. The molecule has 0 saturated carbocycles. The number of pyridine rings is 1. The number of ether oxygens (including phenoxy) is 1. The van der Waals surface area contributed by atoms with E-state index in [1.807, 2.05) is 20.8 Å². The molecule has 0 radical (unpaired) electrons. The topological polar surface area (TPSA) is 111 Å². The van der Waals surface area contributed by atoms with Crippen LogP contribution in [0.5, 0.6) is 5.75 Å². The van der Waals surface area contributed by atoms with Gasteiger partial charge < -0.3 is 10.1 Å². The Hall–Kier alpha value is -2.45. The van der Waals surface area contributed by atoms with Crippen LogP contribution in [0.15, 0.2) is 47.6 Å². The van der Waals surface area contributed by atoms with Crippen LogP contribution in [0.2, 0.25) is 0 Å². The number of primary sulfonamides is 1. The summed E-state index contributed by atoms with van der Waals surface area (Å²) >= 11 is 0. The number of anilines is 1. The summed E-state index contributed by atoms with van der Waals surface area (Å²) in [6.07, 6.45) is 3.33. The average molecular weight is 377 g/mol. The van der Waals surface area contributed by atoms with Gasteiger partial charge in [-0.05, 0) is 23.1 Å². The van der Waals surface area contributed by atoms with E-state index in [2.05, 4.69) is 10.3 Å². The van der Waals surface area contributed by atoms with Gasteiger partial charge in [0.15, 0.2) is 0 Å². The molecule has 0 aliphatic rings. The molecule has 1 aromatic carbocycles. The van der Waals surface area contributed by atoms with Crippen LogP contribution in [0.4, 0.5) is 5.69 Å². The van der Waals surface area contributed by atoms with E-state index in [1.54, 1.807) is 30.6 Å². The molecule has 2 rings (SSSR count). The fraction of sp³-hybridized carbons (Fsp3) is 0.333. The molecule has 0 bridgehead atoms. The molecule has 2 aromatic rings. The number of carbonyl (C=O) groups is 1. The van der Waals surface area contributed by atoms with E-state index in [-0.39, 0.29) is 22.6 Å². The van der Waals surface area contributed by atoms with Crippen molar-refractivity contribution < 1.29 is 17.9 Å². The number of amides is 1. The van der Waals surface area contributed by atoms with Gasteiger partial charge in [0.25, 0.3) is 0 Å². The molecule has 140 valence electrons. The number of benzene rings is 1. The number of sulfonamides is 1. The Morgan fingerprint density at radius 3 is 2.58 bits per heavy atom. The van der Waals surface area contributed by atoms with Crippen molar-refractivity contribution >= 4 is 21.6 Å². The van der Waals surface area contributed by atoms with Crippen LogP contribution in [0.25, 0.3) is 0 Å². The number of carbonyl (C=O) groups excluding carboxylic acids is 1. The van der Waals surface area contributed by atoms with Crippen molar-refractivity contribution in [2.24, 2.45) is 10.6 Å². The van der Waals surface area contributed by atoms with Crippen LogP contribution in [-0.2, 0) is 21.2 Å². The van der Waals surface area contributed by atoms with Gasteiger partial charge in [0, 0.05) is 30.2 Å². The first-order chi connectivity index (χ1) is 12.0. The molecule has 7 nitrogen and oxygen atoms in total. The molecular formula is C18H23N3O4S. The van der Waals surface area contributed by atoms with E-state index in [0.29, 0.717) is 18.0 Å². The minimum atomic E-state index is -3.94. The lowest BCUT2D eigenvalue weighted by molar-refractivity contribution is -0.115. The smallest absolute Gasteiger partial charge is 0.238 e. The van der Waals surface area contributed by atoms with Crippen LogP contribution >= 0.6 is 0 Å². The molecule has 0 aliphatic heterocycles. The molecular weight excluding hydrogens is 354 g/mol. The van der Waals surface area contributed by atoms with E-state index < -0.39 is 10.0 Å². The molecule has 0 aliphatic carbocycles. The van der Waals surface area contributed by atoms with E-state index in [4.69, 9.17) is 9.88 Å². The molecule has 0 saturated heterocycles. The normalized spacial score (nSPS) is 11.8. The van der Waals surface area contributed by atoms with Crippen LogP contribution in [0, 0.1) is 5.41 Å². The molecule has 0 unspecified atom stereocenters. The summed E-state index contributed by atoms with van der Waals surface area (Å²) in [5.41, 5.74) is 0.938. The van der Waals surface area contributed by atoms with Gasteiger partial charge in [-0.15, -0.1) is 0 Å². The van der Waals surface area contributed by atoms with Crippen LogP contribution in [0.3, 0.4) is 0 Å². The van der Waals surface area contributed by atoms with Gasteiger partial charge in [-0.3, -0.25) is 9.78 Å². The molecule has 3 N–H and O–H groups in total. The Bertz CT molecular complexity index is 875. The van der Waals surface area contributed by atoms with Crippen molar-refractivity contribution in [1.29, 1.82) is 0 Å². The van der Waals surface area contributed by atoms with Crippen molar-refractivity contribution in [2.45, 2.75) is 32.1 Å². The predicted molar refractivity (Wildman–Crippen MR) is 99.3 cm³/mol. The fourth-order valence-corrected chi connectivity index (χ4v) is 2.66. The minimum absolute atomic E-state index is 0.110. The van der Waals surface area contributed by atoms with Crippen molar-refractivity contribution in [3.05, 3.63) is 48.3 Å². The highest BCUT2D eigenvalue weighted by Crippen LogP contribution is 2.25. The number of aromatic nitrogens is 1. The Kier molecular flexibility index (Phi) is 5.99. The molecule has 8 heteroatoms. The second kappa shape index (κ2) is 7.84. The standard InChI is InChI=1S/C18H23N3O4S/c1-18(2,3)12-25-15-8-14(9-16(10-15)26(19,23)24)21-17(22)7-13-5-4-6-20-11-13/h4-6,8-11H,7,12H2,1-3H3,(H,21,22)(H2,19,23,24). The van der Waals surface area contributed by atoms with Gasteiger partial charge in [0.05, 0.1) is 17.9 Å². The Morgan fingerprint density at radius 2 is 2.00 bits per heavy atom. The second-order valence-corrected chi connectivity index (χ2v) is 8.74. The van der Waals surface area contributed by atoms with Gasteiger partial charge in [0.2, 0.25) is 15.9 Å². The summed E-state index contributed by atoms with van der Waals surface area (Å²) in [5.74, 6) is 0.0227. The third-order valence-corrected chi connectivity index (χ3v) is 4.14. The molecule has 0 spiro atoms. The summed E-state index contributed by atoms with van der Waals surface area (Å²) in [7, 11) is -3.94.